The first-order valence-corrected chi connectivity index (χ1v) is 17.7. The fraction of sp³-hybridized carbons (Fsp3) is 0.324. The van der Waals surface area contributed by atoms with Crippen LogP contribution in [0.2, 0.25) is 0 Å². The highest BCUT2D eigenvalue weighted by molar-refractivity contribution is 7.89. The summed E-state index contributed by atoms with van der Waals surface area (Å²) in [4.78, 5) is 33.1. The summed E-state index contributed by atoms with van der Waals surface area (Å²) in [5.74, 6) is -0.515. The van der Waals surface area contributed by atoms with Crippen LogP contribution in [0.3, 0.4) is 0 Å². The molecule has 3 aromatic carbocycles. The van der Waals surface area contributed by atoms with Crippen LogP contribution >= 0.6 is 11.3 Å². The predicted molar refractivity (Wildman–Crippen MR) is 180 cm³/mol. The third-order valence-corrected chi connectivity index (χ3v) is 9.02. The highest BCUT2D eigenvalue weighted by atomic mass is 32.2. The van der Waals surface area contributed by atoms with Crippen LogP contribution in [0.15, 0.2) is 78.2 Å². The Morgan fingerprint density at radius 3 is 2.39 bits per heavy atom. The number of amides is 2. The lowest BCUT2D eigenvalue weighted by atomic mass is 9.99. The van der Waals surface area contributed by atoms with E-state index in [4.69, 9.17) is 4.74 Å². The summed E-state index contributed by atoms with van der Waals surface area (Å²) < 4.78 is 29.7. The van der Waals surface area contributed by atoms with Gasteiger partial charge in [-0.1, -0.05) is 42.5 Å². The maximum absolute atomic E-state index is 13.7. The van der Waals surface area contributed by atoms with Crippen LogP contribution < -0.4 is 15.4 Å². The molecule has 46 heavy (non-hydrogen) atoms. The van der Waals surface area contributed by atoms with Crippen molar-refractivity contribution >= 4 is 33.0 Å². The van der Waals surface area contributed by atoms with Gasteiger partial charge < -0.3 is 25.4 Å². The van der Waals surface area contributed by atoms with Crippen molar-refractivity contribution in [1.82, 2.24) is 20.5 Å². The first kappa shape index (κ1) is 34.8. The van der Waals surface area contributed by atoms with Gasteiger partial charge in [-0.3, -0.25) is 9.59 Å². The zero-order valence-corrected chi connectivity index (χ0v) is 28.0. The molecule has 12 heteroatoms. The Bertz CT molecular complexity index is 1740. The lowest BCUT2D eigenvalue weighted by Crippen LogP contribution is -2.48. The molecule has 10 nitrogen and oxygen atoms in total. The van der Waals surface area contributed by atoms with Crippen molar-refractivity contribution in [3.8, 4) is 5.75 Å². The zero-order chi connectivity index (χ0) is 33.3. The fourth-order valence-electron chi connectivity index (χ4n) is 5.00. The van der Waals surface area contributed by atoms with Crippen molar-refractivity contribution in [3.05, 3.63) is 117 Å². The Balaban J connectivity index is 1.55. The van der Waals surface area contributed by atoms with E-state index >= 15 is 0 Å². The molecule has 4 rings (SSSR count). The number of aliphatic hydroxyl groups excluding tert-OH is 1. The number of benzene rings is 3. The van der Waals surface area contributed by atoms with Crippen molar-refractivity contribution in [1.29, 1.82) is 0 Å². The second-order valence-corrected chi connectivity index (χ2v) is 14.4. The molecule has 1 heterocycles. The van der Waals surface area contributed by atoms with E-state index in [1.807, 2.05) is 66.9 Å². The summed E-state index contributed by atoms with van der Waals surface area (Å²) in [6.45, 7) is 2.81. The van der Waals surface area contributed by atoms with E-state index in [0.29, 0.717) is 18.5 Å². The SMILES string of the molecule is COc1cccc(CNCC(O)C(Cc2ccccc2)NC(=O)c2cc(CS(C)(=O)=O)cc(C(=O)N(C)Cc3nc(C)cs3)c2)c1. The van der Waals surface area contributed by atoms with Crippen molar-refractivity contribution in [2.75, 3.05) is 27.0 Å². The number of nitrogens with zero attached hydrogens (tertiary/aromatic N) is 2. The standard InChI is InChI=1S/C34H40N4O6S2/c1-23-21-45-32(36-23)20-38(2)34(41)28-14-26(22-46(4,42)43)13-27(17-28)33(40)37-30(16-24-9-6-5-7-10-24)31(39)19-35-18-25-11-8-12-29(15-25)44-3/h5-15,17,21,30-31,35,39H,16,18-20,22H2,1-4H3,(H,37,40). The first-order valence-electron chi connectivity index (χ1n) is 14.7. The number of nitrogens with one attached hydrogen (secondary N) is 2. The molecule has 0 spiro atoms. The summed E-state index contributed by atoms with van der Waals surface area (Å²) in [7, 11) is -0.231. The maximum atomic E-state index is 13.7. The molecule has 2 unspecified atom stereocenters. The summed E-state index contributed by atoms with van der Waals surface area (Å²) in [5.41, 5.74) is 3.38. The zero-order valence-electron chi connectivity index (χ0n) is 26.4. The number of carbonyl (C=O) groups excluding carboxylic acids is 2. The lowest BCUT2D eigenvalue weighted by Gasteiger charge is -2.25. The number of hydrogen-bond donors (Lipinski definition) is 3. The smallest absolute Gasteiger partial charge is 0.254 e. The van der Waals surface area contributed by atoms with E-state index in [0.717, 1.165) is 33.8 Å². The molecule has 3 N–H and O–H groups in total. The van der Waals surface area contributed by atoms with Gasteiger partial charge in [-0.15, -0.1) is 11.3 Å². The number of ether oxygens (including phenoxy) is 1. The number of thiazole rings is 1. The van der Waals surface area contributed by atoms with Gasteiger partial charge >= 0.3 is 0 Å². The quantitative estimate of drug-likeness (QED) is 0.175. The second kappa shape index (κ2) is 15.9. The van der Waals surface area contributed by atoms with Gasteiger partial charge in [0.2, 0.25) is 0 Å². The molecule has 0 radical (unpaired) electrons. The predicted octanol–water partition coefficient (Wildman–Crippen LogP) is 3.77. The minimum absolute atomic E-state index is 0.123. The van der Waals surface area contributed by atoms with E-state index in [1.54, 1.807) is 14.2 Å². The molecular weight excluding hydrogens is 625 g/mol. The number of aryl methyl sites for hydroxylation is 1. The molecule has 2 atom stereocenters. The number of carbonyl (C=O) groups is 2. The number of hydrogen-bond acceptors (Lipinski definition) is 9. The average molecular weight is 665 g/mol. The van der Waals surface area contributed by atoms with Gasteiger partial charge in [0.15, 0.2) is 9.84 Å². The summed E-state index contributed by atoms with van der Waals surface area (Å²) >= 11 is 1.44. The van der Waals surface area contributed by atoms with Crippen LogP contribution in [0.25, 0.3) is 0 Å². The summed E-state index contributed by atoms with van der Waals surface area (Å²) in [6.07, 6.45) is 0.477. The Kier molecular flexibility index (Phi) is 12.1. The number of aliphatic hydroxyl groups is 1. The molecule has 244 valence electrons. The average Bonchev–Trinajstić information content (AvgIpc) is 3.43. The Morgan fingerprint density at radius 2 is 1.72 bits per heavy atom. The molecular formula is C34H40N4O6S2. The monoisotopic (exact) mass is 664 g/mol. The highest BCUT2D eigenvalue weighted by Crippen LogP contribution is 2.19. The van der Waals surface area contributed by atoms with Gasteiger partial charge in [-0.05, 0) is 60.4 Å². The van der Waals surface area contributed by atoms with Gasteiger partial charge in [0.05, 0.1) is 31.6 Å². The minimum atomic E-state index is -3.46. The minimum Gasteiger partial charge on any atom is -0.497 e. The van der Waals surface area contributed by atoms with Gasteiger partial charge in [-0.2, -0.15) is 0 Å². The van der Waals surface area contributed by atoms with Crippen LogP contribution in [-0.2, 0) is 35.1 Å². The largest absolute Gasteiger partial charge is 0.497 e. The first-order chi connectivity index (χ1) is 21.9. The third kappa shape index (κ3) is 10.5. The molecule has 0 fully saturated rings. The summed E-state index contributed by atoms with van der Waals surface area (Å²) in [5, 5.41) is 20.1. The number of aromatic nitrogens is 1. The van der Waals surface area contributed by atoms with Crippen LogP contribution in [0.5, 0.6) is 5.75 Å². The lowest BCUT2D eigenvalue weighted by molar-refractivity contribution is 0.0784. The molecule has 1 aromatic heterocycles. The second-order valence-electron chi connectivity index (χ2n) is 11.4. The topological polar surface area (TPSA) is 138 Å². The van der Waals surface area contributed by atoms with E-state index in [9.17, 15) is 23.1 Å². The molecule has 0 aliphatic heterocycles. The number of methoxy groups -OCH3 is 1. The number of rotatable bonds is 15. The summed E-state index contributed by atoms with van der Waals surface area (Å²) in [6, 6.07) is 20.8. The third-order valence-electron chi connectivity index (χ3n) is 7.21. The Morgan fingerprint density at radius 1 is 1.00 bits per heavy atom. The van der Waals surface area contributed by atoms with E-state index in [-0.39, 0.29) is 35.9 Å². The van der Waals surface area contributed by atoms with Crippen molar-refractivity contribution in [2.45, 2.75) is 44.3 Å². The maximum Gasteiger partial charge on any atom is 0.254 e. The van der Waals surface area contributed by atoms with Gasteiger partial charge in [0.25, 0.3) is 11.8 Å². The Labute approximate surface area is 274 Å². The van der Waals surface area contributed by atoms with Crippen molar-refractivity contribution in [2.24, 2.45) is 0 Å². The van der Waals surface area contributed by atoms with Crippen LogP contribution in [0, 0.1) is 6.92 Å². The molecule has 0 bridgehead atoms. The Hall–Kier alpha value is -4.10. The molecule has 0 aliphatic rings. The molecule has 0 aliphatic carbocycles. The van der Waals surface area contributed by atoms with Crippen molar-refractivity contribution < 1.29 is 27.9 Å². The molecule has 4 aromatic rings. The van der Waals surface area contributed by atoms with Gasteiger partial charge in [0, 0.05) is 48.6 Å². The van der Waals surface area contributed by atoms with E-state index in [2.05, 4.69) is 15.6 Å². The number of sulfone groups is 1. The fourth-order valence-corrected chi connectivity index (χ4v) is 6.59. The van der Waals surface area contributed by atoms with Gasteiger partial charge in [0.1, 0.15) is 10.8 Å². The van der Waals surface area contributed by atoms with Crippen LogP contribution in [0.1, 0.15) is 48.1 Å². The van der Waals surface area contributed by atoms with Crippen molar-refractivity contribution in [3.63, 3.8) is 0 Å². The van der Waals surface area contributed by atoms with E-state index in [1.165, 1.54) is 34.4 Å². The molecule has 0 saturated heterocycles. The van der Waals surface area contributed by atoms with Crippen LogP contribution in [0.4, 0.5) is 0 Å². The van der Waals surface area contributed by atoms with E-state index < -0.39 is 27.9 Å². The molecule has 2 amide bonds. The van der Waals surface area contributed by atoms with Gasteiger partial charge in [-0.25, -0.2) is 13.4 Å². The highest BCUT2D eigenvalue weighted by Gasteiger charge is 2.24. The normalized spacial score (nSPS) is 12.7. The van der Waals surface area contributed by atoms with Crippen LogP contribution in [-0.4, -0.2) is 74.3 Å². The molecule has 0 saturated carbocycles.